The number of benzene rings is 2. The highest BCUT2D eigenvalue weighted by molar-refractivity contribution is 6.33. The number of hydrogen-bond donors (Lipinski definition) is 1. The van der Waals surface area contributed by atoms with Gasteiger partial charge in [0.2, 0.25) is 0 Å². The topological polar surface area (TPSA) is 78.9 Å². The number of amides is 1. The minimum atomic E-state index is -0.332. The third kappa shape index (κ3) is 3.54. The number of halogens is 1. The lowest BCUT2D eigenvalue weighted by atomic mass is 10.1. The highest BCUT2D eigenvalue weighted by atomic mass is 35.5. The van der Waals surface area contributed by atoms with Crippen LogP contribution in [0.1, 0.15) is 21.7 Å². The average molecular weight is 352 g/mol. The minimum Gasteiger partial charge on any atom is -0.360 e. The van der Waals surface area contributed by atoms with Crippen LogP contribution >= 0.6 is 11.6 Å². The summed E-state index contributed by atoms with van der Waals surface area (Å²) in [4.78, 5) is 12.7. The molecular weight excluding hydrogens is 338 g/mol. The fourth-order valence-corrected chi connectivity index (χ4v) is 2.69. The molecule has 0 saturated carbocycles. The summed E-state index contributed by atoms with van der Waals surface area (Å²) in [6.45, 7) is 1.68. The van der Waals surface area contributed by atoms with Gasteiger partial charge < -0.3 is 9.84 Å². The summed E-state index contributed by atoms with van der Waals surface area (Å²) in [7, 11) is 0. The van der Waals surface area contributed by atoms with Crippen molar-refractivity contribution in [2.24, 2.45) is 0 Å². The third-order valence-corrected chi connectivity index (χ3v) is 4.04. The fourth-order valence-electron chi connectivity index (χ4n) is 2.47. The van der Waals surface area contributed by atoms with Crippen molar-refractivity contribution < 1.29 is 9.32 Å². The molecule has 1 aromatic heterocycles. The summed E-state index contributed by atoms with van der Waals surface area (Å²) in [6.07, 6.45) is 0.329. The standard InChI is InChI=1S/C19H14ClN3O2/c1-12-17(18(23-25-12)15-4-2-3-5-16(15)20)19(24)22-14-8-6-13(7-9-14)10-11-21/h2-9H,10H2,1H3,(H,22,24). The zero-order chi connectivity index (χ0) is 17.8. The number of hydrogen-bond acceptors (Lipinski definition) is 4. The van der Waals surface area contributed by atoms with Crippen LogP contribution in [0, 0.1) is 18.3 Å². The number of nitriles is 1. The molecule has 3 rings (SSSR count). The molecule has 6 heteroatoms. The number of anilines is 1. The van der Waals surface area contributed by atoms with Crippen LogP contribution in [-0.4, -0.2) is 11.1 Å². The lowest BCUT2D eigenvalue weighted by Crippen LogP contribution is -2.13. The molecule has 0 bridgehead atoms. The second-order valence-electron chi connectivity index (χ2n) is 5.43. The zero-order valence-corrected chi connectivity index (χ0v) is 14.2. The van der Waals surface area contributed by atoms with E-state index in [1.165, 1.54) is 0 Å². The maximum Gasteiger partial charge on any atom is 0.261 e. The monoisotopic (exact) mass is 351 g/mol. The van der Waals surface area contributed by atoms with Crippen LogP contribution in [0.3, 0.4) is 0 Å². The van der Waals surface area contributed by atoms with Crippen molar-refractivity contribution in [1.82, 2.24) is 5.16 Å². The van der Waals surface area contributed by atoms with Crippen molar-refractivity contribution in [3.63, 3.8) is 0 Å². The van der Waals surface area contributed by atoms with Crippen molar-refractivity contribution in [2.75, 3.05) is 5.32 Å². The van der Waals surface area contributed by atoms with Crippen molar-refractivity contribution >= 4 is 23.2 Å². The number of aryl methyl sites for hydroxylation is 1. The fraction of sp³-hybridized carbons (Fsp3) is 0.105. The predicted octanol–water partition coefficient (Wildman–Crippen LogP) is 4.62. The van der Waals surface area contributed by atoms with Gasteiger partial charge in [0, 0.05) is 11.3 Å². The molecule has 0 aliphatic heterocycles. The predicted molar refractivity (Wildman–Crippen MR) is 95.4 cm³/mol. The smallest absolute Gasteiger partial charge is 0.261 e. The van der Waals surface area contributed by atoms with E-state index in [4.69, 9.17) is 21.4 Å². The van der Waals surface area contributed by atoms with Gasteiger partial charge in [-0.15, -0.1) is 0 Å². The van der Waals surface area contributed by atoms with Gasteiger partial charge in [0.15, 0.2) is 0 Å². The zero-order valence-electron chi connectivity index (χ0n) is 13.4. The van der Waals surface area contributed by atoms with Crippen LogP contribution < -0.4 is 5.32 Å². The Balaban J connectivity index is 1.89. The van der Waals surface area contributed by atoms with E-state index >= 15 is 0 Å². The summed E-state index contributed by atoms with van der Waals surface area (Å²) in [5.41, 5.74) is 2.89. The normalized spacial score (nSPS) is 10.3. The largest absolute Gasteiger partial charge is 0.360 e. The number of carbonyl (C=O) groups excluding carboxylic acids is 1. The third-order valence-electron chi connectivity index (χ3n) is 3.71. The van der Waals surface area contributed by atoms with Crippen LogP contribution in [0.5, 0.6) is 0 Å². The molecule has 1 N–H and O–H groups in total. The van der Waals surface area contributed by atoms with Crippen LogP contribution in [0.25, 0.3) is 11.3 Å². The van der Waals surface area contributed by atoms with Crippen molar-refractivity contribution in [3.05, 3.63) is 70.4 Å². The Labute approximate surface area is 149 Å². The first-order valence-corrected chi connectivity index (χ1v) is 7.96. The van der Waals surface area contributed by atoms with Gasteiger partial charge in [0.25, 0.3) is 5.91 Å². The molecule has 124 valence electrons. The van der Waals surface area contributed by atoms with Gasteiger partial charge in [-0.25, -0.2) is 0 Å². The molecule has 25 heavy (non-hydrogen) atoms. The minimum absolute atomic E-state index is 0.329. The van der Waals surface area contributed by atoms with Gasteiger partial charge in [0.1, 0.15) is 17.0 Å². The summed E-state index contributed by atoms with van der Waals surface area (Å²) in [6, 6.07) is 16.3. The Morgan fingerprint density at radius 1 is 1.24 bits per heavy atom. The van der Waals surface area contributed by atoms with E-state index in [0.717, 1.165) is 5.56 Å². The van der Waals surface area contributed by atoms with E-state index in [1.807, 2.05) is 6.07 Å². The van der Waals surface area contributed by atoms with E-state index in [0.29, 0.717) is 39.7 Å². The van der Waals surface area contributed by atoms with Crippen LogP contribution in [-0.2, 0) is 6.42 Å². The molecule has 1 amide bonds. The number of nitrogens with zero attached hydrogens (tertiary/aromatic N) is 2. The van der Waals surface area contributed by atoms with Gasteiger partial charge in [-0.2, -0.15) is 5.26 Å². The Morgan fingerprint density at radius 2 is 1.96 bits per heavy atom. The Kier molecular flexibility index (Phi) is 4.82. The molecule has 0 spiro atoms. The maximum absolute atomic E-state index is 12.7. The maximum atomic E-state index is 12.7. The molecule has 1 heterocycles. The summed E-state index contributed by atoms with van der Waals surface area (Å²) >= 11 is 6.21. The second-order valence-corrected chi connectivity index (χ2v) is 5.84. The molecule has 5 nitrogen and oxygen atoms in total. The Morgan fingerprint density at radius 3 is 2.64 bits per heavy atom. The van der Waals surface area contributed by atoms with E-state index in [1.54, 1.807) is 49.4 Å². The second kappa shape index (κ2) is 7.20. The first-order chi connectivity index (χ1) is 12.1. The molecule has 0 radical (unpaired) electrons. The molecule has 0 saturated heterocycles. The lowest BCUT2D eigenvalue weighted by molar-refractivity contribution is 0.102. The number of carbonyl (C=O) groups is 1. The quantitative estimate of drug-likeness (QED) is 0.743. The first kappa shape index (κ1) is 16.7. The van der Waals surface area contributed by atoms with Gasteiger partial charge in [0.05, 0.1) is 17.5 Å². The van der Waals surface area contributed by atoms with E-state index < -0.39 is 0 Å². The molecular formula is C19H14ClN3O2. The average Bonchev–Trinajstić information content (AvgIpc) is 2.99. The van der Waals surface area contributed by atoms with Gasteiger partial charge in [-0.05, 0) is 30.7 Å². The van der Waals surface area contributed by atoms with Crippen LogP contribution in [0.15, 0.2) is 53.1 Å². The lowest BCUT2D eigenvalue weighted by Gasteiger charge is -2.07. The van der Waals surface area contributed by atoms with Crippen molar-refractivity contribution in [3.8, 4) is 17.3 Å². The first-order valence-electron chi connectivity index (χ1n) is 7.58. The van der Waals surface area contributed by atoms with E-state index in [-0.39, 0.29) is 5.91 Å². The van der Waals surface area contributed by atoms with Crippen LogP contribution in [0.4, 0.5) is 5.69 Å². The number of rotatable bonds is 4. The van der Waals surface area contributed by atoms with Crippen molar-refractivity contribution in [2.45, 2.75) is 13.3 Å². The van der Waals surface area contributed by atoms with E-state index in [9.17, 15) is 4.79 Å². The van der Waals surface area contributed by atoms with Gasteiger partial charge in [-0.1, -0.05) is 47.1 Å². The molecule has 0 aliphatic rings. The van der Waals surface area contributed by atoms with Crippen LogP contribution in [0.2, 0.25) is 5.02 Å². The van der Waals surface area contributed by atoms with Gasteiger partial charge in [-0.3, -0.25) is 4.79 Å². The Bertz CT molecular complexity index is 956. The molecule has 0 aliphatic carbocycles. The SMILES string of the molecule is Cc1onc(-c2ccccc2Cl)c1C(=O)Nc1ccc(CC#N)cc1. The molecule has 3 aromatic rings. The highest BCUT2D eigenvalue weighted by Gasteiger charge is 2.23. The van der Waals surface area contributed by atoms with E-state index in [2.05, 4.69) is 16.5 Å². The molecule has 0 fully saturated rings. The summed E-state index contributed by atoms with van der Waals surface area (Å²) in [5.74, 6) is 0.0789. The van der Waals surface area contributed by atoms with Gasteiger partial charge >= 0.3 is 0 Å². The molecule has 0 unspecified atom stereocenters. The Hall–Kier alpha value is -3.10. The highest BCUT2D eigenvalue weighted by Crippen LogP contribution is 2.31. The number of nitrogens with one attached hydrogen (secondary N) is 1. The number of aromatic nitrogens is 1. The molecule has 2 aromatic carbocycles. The van der Waals surface area contributed by atoms with Crippen molar-refractivity contribution in [1.29, 1.82) is 5.26 Å². The summed E-state index contributed by atoms with van der Waals surface area (Å²) < 4.78 is 5.21. The molecule has 0 atom stereocenters. The summed E-state index contributed by atoms with van der Waals surface area (Å²) in [5, 5.41) is 16.0.